The fraction of sp³-hybridized carbons (Fsp3) is 0.250. The number of nitrogen functional groups attached to an aromatic ring is 1. The summed E-state index contributed by atoms with van der Waals surface area (Å²) < 4.78 is 0. The van der Waals surface area contributed by atoms with Crippen LogP contribution in [0.5, 0.6) is 0 Å². The Kier molecular flexibility index (Phi) is 3.88. The minimum Gasteiger partial charge on any atom is -0.384 e. The van der Waals surface area contributed by atoms with E-state index in [0.29, 0.717) is 18.1 Å². The Bertz CT molecular complexity index is 553. The molecule has 0 saturated heterocycles. The molecule has 3 N–H and O–H groups in total. The van der Waals surface area contributed by atoms with Gasteiger partial charge < -0.3 is 11.1 Å². The van der Waals surface area contributed by atoms with Gasteiger partial charge in [-0.15, -0.1) is 11.3 Å². The molecular weight excluding hydrogens is 248 g/mol. The third-order valence-corrected chi connectivity index (χ3v) is 3.16. The minimum atomic E-state index is -0.214. The average molecular weight is 262 g/mol. The number of carbonyl (C=O) groups excluding carboxylic acids is 1. The van der Waals surface area contributed by atoms with Crippen molar-refractivity contribution in [1.82, 2.24) is 15.3 Å². The molecule has 2 heterocycles. The van der Waals surface area contributed by atoms with E-state index in [9.17, 15) is 4.79 Å². The molecule has 0 aliphatic heterocycles. The number of amides is 1. The molecule has 1 amide bonds. The van der Waals surface area contributed by atoms with Crippen LogP contribution in [0.15, 0.2) is 23.6 Å². The van der Waals surface area contributed by atoms with E-state index in [4.69, 9.17) is 5.73 Å². The van der Waals surface area contributed by atoms with Gasteiger partial charge in [0.25, 0.3) is 5.91 Å². The molecule has 0 radical (unpaired) electrons. The lowest BCUT2D eigenvalue weighted by atomic mass is 10.3. The van der Waals surface area contributed by atoms with Gasteiger partial charge in [0, 0.05) is 18.3 Å². The summed E-state index contributed by atoms with van der Waals surface area (Å²) >= 11 is 1.61. The number of rotatable bonds is 4. The molecule has 0 aromatic carbocycles. The maximum Gasteiger partial charge on any atom is 0.269 e. The van der Waals surface area contributed by atoms with Crippen molar-refractivity contribution in [2.45, 2.75) is 13.3 Å². The van der Waals surface area contributed by atoms with Crippen LogP contribution in [0.3, 0.4) is 0 Å². The second kappa shape index (κ2) is 5.59. The Labute approximate surface area is 109 Å². The Morgan fingerprint density at radius 3 is 2.94 bits per heavy atom. The first kappa shape index (κ1) is 12.5. The quantitative estimate of drug-likeness (QED) is 0.872. The predicted molar refractivity (Wildman–Crippen MR) is 71.5 cm³/mol. The Morgan fingerprint density at radius 2 is 2.28 bits per heavy atom. The zero-order valence-electron chi connectivity index (χ0n) is 10.0. The van der Waals surface area contributed by atoms with Crippen LogP contribution in [-0.4, -0.2) is 22.4 Å². The van der Waals surface area contributed by atoms with Crippen LogP contribution in [0.2, 0.25) is 0 Å². The van der Waals surface area contributed by atoms with Gasteiger partial charge in [-0.3, -0.25) is 4.79 Å². The van der Waals surface area contributed by atoms with Crippen molar-refractivity contribution in [3.63, 3.8) is 0 Å². The van der Waals surface area contributed by atoms with E-state index >= 15 is 0 Å². The molecular formula is C12H14N4OS. The molecule has 0 aliphatic rings. The normalized spacial score (nSPS) is 10.3. The number of nitrogens with zero attached hydrogens (tertiary/aromatic N) is 2. The van der Waals surface area contributed by atoms with Crippen molar-refractivity contribution in [3.05, 3.63) is 40.0 Å². The molecule has 2 aromatic heterocycles. The van der Waals surface area contributed by atoms with Crippen LogP contribution in [-0.2, 0) is 6.42 Å². The Morgan fingerprint density at radius 1 is 1.44 bits per heavy atom. The largest absolute Gasteiger partial charge is 0.384 e. The predicted octanol–water partition coefficient (Wildman–Crippen LogP) is 1.40. The van der Waals surface area contributed by atoms with Crippen molar-refractivity contribution < 1.29 is 4.79 Å². The lowest BCUT2D eigenvalue weighted by Gasteiger charge is -2.03. The first-order valence-corrected chi connectivity index (χ1v) is 6.45. The lowest BCUT2D eigenvalue weighted by Crippen LogP contribution is -2.26. The highest BCUT2D eigenvalue weighted by Crippen LogP contribution is 2.08. The fourth-order valence-electron chi connectivity index (χ4n) is 1.50. The van der Waals surface area contributed by atoms with Crippen LogP contribution < -0.4 is 11.1 Å². The average Bonchev–Trinajstić information content (AvgIpc) is 2.75. The maximum atomic E-state index is 11.7. The third kappa shape index (κ3) is 3.27. The highest BCUT2D eigenvalue weighted by atomic mass is 32.1. The molecule has 0 unspecified atom stereocenters. The van der Waals surface area contributed by atoms with E-state index in [2.05, 4.69) is 15.3 Å². The summed E-state index contributed by atoms with van der Waals surface area (Å²) in [4.78, 5) is 20.0. The molecule has 6 heteroatoms. The zero-order chi connectivity index (χ0) is 13.0. The van der Waals surface area contributed by atoms with Crippen molar-refractivity contribution in [2.75, 3.05) is 12.3 Å². The monoisotopic (exact) mass is 262 g/mol. The van der Waals surface area contributed by atoms with Gasteiger partial charge in [-0.25, -0.2) is 9.97 Å². The molecule has 2 rings (SSSR count). The molecule has 94 valence electrons. The number of aromatic nitrogens is 2. The third-order valence-electron chi connectivity index (χ3n) is 2.34. The first-order valence-electron chi connectivity index (χ1n) is 5.57. The molecule has 0 atom stereocenters. The standard InChI is InChI=1S/C12H14N4OS/c1-8-15-9(7-18-8)5-6-14-12(17)10-3-2-4-11(13)16-10/h2-4,7H,5-6H2,1H3,(H2,13,16)(H,14,17). The summed E-state index contributed by atoms with van der Waals surface area (Å²) in [5, 5.41) is 5.83. The van der Waals surface area contributed by atoms with E-state index in [1.807, 2.05) is 12.3 Å². The number of pyridine rings is 1. The summed E-state index contributed by atoms with van der Waals surface area (Å²) in [6.45, 7) is 2.50. The lowest BCUT2D eigenvalue weighted by molar-refractivity contribution is 0.0949. The van der Waals surface area contributed by atoms with E-state index < -0.39 is 0 Å². The number of hydrogen-bond acceptors (Lipinski definition) is 5. The molecule has 0 spiro atoms. The summed E-state index contributed by atoms with van der Waals surface area (Å²) in [6, 6.07) is 4.99. The second-order valence-corrected chi connectivity index (χ2v) is 4.87. The highest BCUT2D eigenvalue weighted by Gasteiger charge is 2.07. The Hall–Kier alpha value is -1.95. The zero-order valence-corrected chi connectivity index (χ0v) is 10.8. The van der Waals surface area contributed by atoms with Crippen molar-refractivity contribution in [1.29, 1.82) is 0 Å². The van der Waals surface area contributed by atoms with E-state index in [-0.39, 0.29) is 5.91 Å². The van der Waals surface area contributed by atoms with Gasteiger partial charge in [-0.2, -0.15) is 0 Å². The van der Waals surface area contributed by atoms with Gasteiger partial charge in [0.05, 0.1) is 10.7 Å². The summed E-state index contributed by atoms with van der Waals surface area (Å²) in [5.41, 5.74) is 6.86. The van der Waals surface area contributed by atoms with E-state index in [0.717, 1.165) is 17.1 Å². The van der Waals surface area contributed by atoms with Crippen LogP contribution >= 0.6 is 11.3 Å². The number of nitrogens with one attached hydrogen (secondary N) is 1. The molecule has 5 nitrogen and oxygen atoms in total. The fourth-order valence-corrected chi connectivity index (χ4v) is 2.14. The first-order chi connectivity index (χ1) is 8.65. The van der Waals surface area contributed by atoms with Gasteiger partial charge in [0.15, 0.2) is 0 Å². The van der Waals surface area contributed by atoms with Crippen LogP contribution in [0.1, 0.15) is 21.2 Å². The smallest absolute Gasteiger partial charge is 0.269 e. The summed E-state index contributed by atoms with van der Waals surface area (Å²) in [5.74, 6) is 0.132. The van der Waals surface area contributed by atoms with Gasteiger partial charge in [0.1, 0.15) is 11.5 Å². The number of hydrogen-bond donors (Lipinski definition) is 2. The minimum absolute atomic E-state index is 0.214. The maximum absolute atomic E-state index is 11.7. The van der Waals surface area contributed by atoms with Gasteiger partial charge in [-0.05, 0) is 19.1 Å². The van der Waals surface area contributed by atoms with Crippen LogP contribution in [0, 0.1) is 6.92 Å². The van der Waals surface area contributed by atoms with Crippen LogP contribution in [0.4, 0.5) is 5.82 Å². The van der Waals surface area contributed by atoms with Gasteiger partial charge in [0.2, 0.25) is 0 Å². The molecule has 18 heavy (non-hydrogen) atoms. The molecule has 2 aromatic rings. The molecule has 0 aliphatic carbocycles. The van der Waals surface area contributed by atoms with Crippen molar-refractivity contribution >= 4 is 23.1 Å². The summed E-state index contributed by atoms with van der Waals surface area (Å²) in [7, 11) is 0. The SMILES string of the molecule is Cc1nc(CCNC(=O)c2cccc(N)n2)cs1. The number of thiazole rings is 1. The van der Waals surface area contributed by atoms with Crippen molar-refractivity contribution in [2.24, 2.45) is 0 Å². The van der Waals surface area contributed by atoms with Gasteiger partial charge >= 0.3 is 0 Å². The second-order valence-electron chi connectivity index (χ2n) is 3.81. The number of aryl methyl sites for hydroxylation is 1. The van der Waals surface area contributed by atoms with Gasteiger partial charge in [-0.1, -0.05) is 6.07 Å². The number of nitrogens with two attached hydrogens (primary N) is 1. The number of anilines is 1. The highest BCUT2D eigenvalue weighted by molar-refractivity contribution is 7.09. The van der Waals surface area contributed by atoms with E-state index in [1.165, 1.54) is 0 Å². The molecule has 0 fully saturated rings. The molecule has 0 saturated carbocycles. The van der Waals surface area contributed by atoms with Crippen molar-refractivity contribution in [3.8, 4) is 0 Å². The van der Waals surface area contributed by atoms with Crippen LogP contribution in [0.25, 0.3) is 0 Å². The summed E-state index contributed by atoms with van der Waals surface area (Å²) in [6.07, 6.45) is 0.721. The topological polar surface area (TPSA) is 80.9 Å². The molecule has 0 bridgehead atoms. The Balaban J connectivity index is 1.85. The number of carbonyl (C=O) groups is 1. The van der Waals surface area contributed by atoms with E-state index in [1.54, 1.807) is 29.5 Å².